The number of para-hydroxylation sites is 1. The molecule has 0 spiro atoms. The van der Waals surface area contributed by atoms with Crippen LogP contribution in [0.3, 0.4) is 0 Å². The summed E-state index contributed by atoms with van der Waals surface area (Å²) in [6, 6.07) is 8.41. The maximum atomic E-state index is 12.7. The van der Waals surface area contributed by atoms with Crippen molar-refractivity contribution in [1.29, 1.82) is 0 Å². The van der Waals surface area contributed by atoms with Crippen molar-refractivity contribution < 1.29 is 9.53 Å². The van der Waals surface area contributed by atoms with E-state index in [1.165, 1.54) is 17.5 Å². The number of hydrogen-bond acceptors (Lipinski definition) is 5. The molecule has 0 bridgehead atoms. The number of ether oxygens (including phenoxy) is 1. The van der Waals surface area contributed by atoms with Gasteiger partial charge in [0.1, 0.15) is 0 Å². The topological polar surface area (TPSA) is 42.4 Å². The number of benzene rings is 1. The average molecular weight is 348 g/mol. The Balaban J connectivity index is 1.40. The summed E-state index contributed by atoms with van der Waals surface area (Å²) < 4.78 is 8.02. The molecule has 2 fully saturated rings. The molecule has 1 saturated carbocycles. The fourth-order valence-corrected chi connectivity index (χ4v) is 5.48. The van der Waals surface area contributed by atoms with Gasteiger partial charge in [0.15, 0.2) is 4.34 Å². The highest BCUT2D eigenvalue weighted by atomic mass is 32.2. The summed E-state index contributed by atoms with van der Waals surface area (Å²) in [6.07, 6.45) is 4.87. The highest BCUT2D eigenvalue weighted by Gasteiger charge is 2.36. The summed E-state index contributed by atoms with van der Waals surface area (Å²) in [6.45, 7) is 1.42. The monoisotopic (exact) mass is 348 g/mol. The van der Waals surface area contributed by atoms with Crippen molar-refractivity contribution in [2.45, 2.75) is 42.2 Å². The summed E-state index contributed by atoms with van der Waals surface area (Å²) in [5.41, 5.74) is 1.02. The Morgan fingerprint density at radius 2 is 2.22 bits per heavy atom. The van der Waals surface area contributed by atoms with E-state index in [9.17, 15) is 4.79 Å². The van der Waals surface area contributed by atoms with Crippen molar-refractivity contribution in [3.8, 4) is 0 Å². The number of thioether (sulfide) groups is 1. The third-order valence-electron chi connectivity index (χ3n) is 4.65. The number of amides is 1. The molecule has 2 aromatic rings. The van der Waals surface area contributed by atoms with Crippen LogP contribution < -0.4 is 0 Å². The molecule has 1 aromatic heterocycles. The second-order valence-electron chi connectivity index (χ2n) is 6.08. The quantitative estimate of drug-likeness (QED) is 0.796. The van der Waals surface area contributed by atoms with Gasteiger partial charge in [-0.05, 0) is 25.0 Å². The second kappa shape index (κ2) is 6.79. The standard InChI is InChI=1S/C17H20N2O2S2/c20-16(19-9-10-21-14-7-3-2-6-13(14)19)11-22-17-18-12-5-1-4-8-15(12)23-17/h1,4-5,8,13-14H,2-3,6-7,9-11H2/t13-,14+/m0/s1. The molecule has 0 unspecified atom stereocenters. The molecule has 0 radical (unpaired) electrons. The van der Waals surface area contributed by atoms with Gasteiger partial charge in [0.25, 0.3) is 0 Å². The minimum atomic E-state index is 0.231. The fourth-order valence-electron chi connectivity index (χ4n) is 3.53. The summed E-state index contributed by atoms with van der Waals surface area (Å²) >= 11 is 3.23. The second-order valence-corrected chi connectivity index (χ2v) is 8.34. The molecule has 4 nitrogen and oxygen atoms in total. The van der Waals surface area contributed by atoms with Gasteiger partial charge in [-0.15, -0.1) is 11.3 Å². The van der Waals surface area contributed by atoms with Crippen LogP contribution in [0.5, 0.6) is 0 Å². The number of carbonyl (C=O) groups excluding carboxylic acids is 1. The highest BCUT2D eigenvalue weighted by Crippen LogP contribution is 2.31. The number of hydrogen-bond donors (Lipinski definition) is 0. The first-order valence-electron chi connectivity index (χ1n) is 8.21. The molecule has 6 heteroatoms. The Morgan fingerprint density at radius 3 is 3.13 bits per heavy atom. The minimum Gasteiger partial charge on any atom is -0.374 e. The van der Waals surface area contributed by atoms with Crippen LogP contribution in [0.4, 0.5) is 0 Å². The largest absolute Gasteiger partial charge is 0.374 e. The van der Waals surface area contributed by atoms with E-state index in [1.54, 1.807) is 23.1 Å². The van der Waals surface area contributed by atoms with E-state index in [0.29, 0.717) is 18.4 Å². The molecule has 122 valence electrons. The molecule has 2 atom stereocenters. The molecule has 0 N–H and O–H groups in total. The lowest BCUT2D eigenvalue weighted by atomic mass is 9.90. The Labute approximate surface area is 144 Å². The van der Waals surface area contributed by atoms with Gasteiger partial charge in [-0.1, -0.05) is 36.7 Å². The zero-order valence-electron chi connectivity index (χ0n) is 12.9. The van der Waals surface area contributed by atoms with Crippen LogP contribution in [0.1, 0.15) is 25.7 Å². The summed E-state index contributed by atoms with van der Waals surface area (Å²) in [7, 11) is 0. The minimum absolute atomic E-state index is 0.231. The first kappa shape index (κ1) is 15.4. The number of fused-ring (bicyclic) bond motifs is 2. The van der Waals surface area contributed by atoms with Crippen molar-refractivity contribution in [1.82, 2.24) is 9.88 Å². The van der Waals surface area contributed by atoms with Gasteiger partial charge in [-0.25, -0.2) is 4.98 Å². The lowest BCUT2D eigenvalue weighted by Gasteiger charge is -2.43. The van der Waals surface area contributed by atoms with Gasteiger partial charge in [0, 0.05) is 6.54 Å². The van der Waals surface area contributed by atoms with Gasteiger partial charge in [-0.2, -0.15) is 0 Å². The molecule has 1 aliphatic carbocycles. The van der Waals surface area contributed by atoms with Crippen molar-refractivity contribution in [3.05, 3.63) is 24.3 Å². The predicted octanol–water partition coefficient (Wildman–Crippen LogP) is 3.56. The maximum absolute atomic E-state index is 12.7. The molecule has 2 heterocycles. The number of thiazole rings is 1. The molecular formula is C17H20N2O2S2. The average Bonchev–Trinajstić information content (AvgIpc) is 3.02. The maximum Gasteiger partial charge on any atom is 0.233 e. The zero-order valence-corrected chi connectivity index (χ0v) is 14.6. The normalized spacial score (nSPS) is 24.6. The van der Waals surface area contributed by atoms with E-state index >= 15 is 0 Å². The first-order valence-corrected chi connectivity index (χ1v) is 10.0. The Kier molecular flexibility index (Phi) is 4.55. The van der Waals surface area contributed by atoms with Gasteiger partial charge >= 0.3 is 0 Å². The molecular weight excluding hydrogens is 328 g/mol. The molecule has 1 aliphatic heterocycles. The Hall–Kier alpha value is -1.11. The molecule has 1 amide bonds. The first-order chi connectivity index (χ1) is 11.3. The SMILES string of the molecule is O=C(CSc1nc2ccccc2s1)N1CCO[C@@H]2CCCC[C@@H]21. The Bertz CT molecular complexity index is 668. The third-order valence-corrected chi connectivity index (χ3v) is 6.81. The van der Waals surface area contributed by atoms with Crippen molar-refractivity contribution in [3.63, 3.8) is 0 Å². The van der Waals surface area contributed by atoms with E-state index < -0.39 is 0 Å². The molecule has 1 aromatic carbocycles. The third kappa shape index (κ3) is 3.25. The molecule has 23 heavy (non-hydrogen) atoms. The van der Waals surface area contributed by atoms with Crippen molar-refractivity contribution in [2.75, 3.05) is 18.9 Å². The number of aromatic nitrogens is 1. The summed E-state index contributed by atoms with van der Waals surface area (Å²) in [5, 5.41) is 0. The van der Waals surface area contributed by atoms with Gasteiger partial charge in [-0.3, -0.25) is 4.79 Å². The fraction of sp³-hybridized carbons (Fsp3) is 0.529. The van der Waals surface area contributed by atoms with E-state index in [0.717, 1.165) is 29.2 Å². The molecule has 2 aliphatic rings. The van der Waals surface area contributed by atoms with Crippen LogP contribution in [-0.2, 0) is 9.53 Å². The van der Waals surface area contributed by atoms with Crippen LogP contribution in [-0.4, -0.2) is 46.8 Å². The summed E-state index contributed by atoms with van der Waals surface area (Å²) in [5.74, 6) is 0.706. The van der Waals surface area contributed by atoms with E-state index in [4.69, 9.17) is 4.74 Å². The van der Waals surface area contributed by atoms with Crippen LogP contribution >= 0.6 is 23.1 Å². The van der Waals surface area contributed by atoms with Crippen molar-refractivity contribution in [2.24, 2.45) is 0 Å². The van der Waals surface area contributed by atoms with E-state index in [2.05, 4.69) is 16.0 Å². The predicted molar refractivity (Wildman–Crippen MR) is 94.1 cm³/mol. The van der Waals surface area contributed by atoms with Crippen molar-refractivity contribution >= 4 is 39.2 Å². The number of nitrogens with zero attached hydrogens (tertiary/aromatic N) is 2. The Morgan fingerprint density at radius 1 is 1.35 bits per heavy atom. The van der Waals surface area contributed by atoms with Crippen LogP contribution in [0.25, 0.3) is 10.2 Å². The van der Waals surface area contributed by atoms with E-state index in [1.807, 2.05) is 18.2 Å². The number of carbonyl (C=O) groups is 1. The van der Waals surface area contributed by atoms with Crippen LogP contribution in [0.15, 0.2) is 28.6 Å². The highest BCUT2D eigenvalue weighted by molar-refractivity contribution is 8.01. The summed E-state index contributed by atoms with van der Waals surface area (Å²) in [4.78, 5) is 19.3. The van der Waals surface area contributed by atoms with Crippen LogP contribution in [0, 0.1) is 0 Å². The molecule has 1 saturated heterocycles. The van der Waals surface area contributed by atoms with Gasteiger partial charge in [0.05, 0.1) is 34.7 Å². The van der Waals surface area contributed by atoms with Gasteiger partial charge < -0.3 is 9.64 Å². The number of rotatable bonds is 3. The van der Waals surface area contributed by atoms with E-state index in [-0.39, 0.29) is 12.0 Å². The van der Waals surface area contributed by atoms with Gasteiger partial charge in [0.2, 0.25) is 5.91 Å². The molecule has 4 rings (SSSR count). The lowest BCUT2D eigenvalue weighted by molar-refractivity contribution is -0.146. The van der Waals surface area contributed by atoms with Crippen LogP contribution in [0.2, 0.25) is 0 Å². The number of morpholine rings is 1. The zero-order chi connectivity index (χ0) is 15.6. The lowest BCUT2D eigenvalue weighted by Crippen LogP contribution is -2.55. The smallest absolute Gasteiger partial charge is 0.233 e.